The molecule has 0 aliphatic carbocycles. The quantitative estimate of drug-likeness (QED) is 0.491. The number of nitro groups is 1. The van der Waals surface area contributed by atoms with E-state index in [1.807, 2.05) is 19.0 Å². The number of nitrogen functional groups attached to an aromatic ring is 1. The Morgan fingerprint density at radius 3 is 2.60 bits per heavy atom. The number of likely N-dealkylation sites (N-methyl/N-ethyl adjacent to an activating group) is 1. The van der Waals surface area contributed by atoms with Crippen LogP contribution in [-0.4, -0.2) is 57.7 Å². The van der Waals surface area contributed by atoms with E-state index in [2.05, 4.69) is 15.3 Å². The lowest BCUT2D eigenvalue weighted by atomic mass is 10.1. The van der Waals surface area contributed by atoms with Crippen LogP contribution in [0, 0.1) is 17.0 Å². The molecular weight excluding hydrogens is 264 g/mol. The number of rotatable bonds is 6. The maximum absolute atomic E-state index is 11.0. The van der Waals surface area contributed by atoms with Crippen molar-refractivity contribution in [3.8, 4) is 0 Å². The topological polar surface area (TPSA) is 130 Å². The third-order valence-electron chi connectivity index (χ3n) is 2.55. The second kappa shape index (κ2) is 5.97. The molecule has 0 aliphatic rings. The first kappa shape index (κ1) is 16.1. The molecule has 9 nitrogen and oxygen atoms in total. The Morgan fingerprint density at radius 1 is 1.50 bits per heavy atom. The van der Waals surface area contributed by atoms with Gasteiger partial charge in [-0.2, -0.15) is 4.98 Å². The van der Waals surface area contributed by atoms with E-state index in [1.54, 1.807) is 6.92 Å². The number of aromatic nitrogens is 2. The molecule has 20 heavy (non-hydrogen) atoms. The molecule has 0 bridgehead atoms. The number of hydrogen-bond donors (Lipinski definition) is 3. The molecule has 1 atom stereocenters. The van der Waals surface area contributed by atoms with Crippen molar-refractivity contribution in [1.82, 2.24) is 14.9 Å². The number of anilines is 2. The third kappa shape index (κ3) is 4.28. The van der Waals surface area contributed by atoms with Gasteiger partial charge in [-0.1, -0.05) is 0 Å². The van der Waals surface area contributed by atoms with E-state index in [1.165, 1.54) is 6.92 Å². The van der Waals surface area contributed by atoms with Crippen LogP contribution in [0.4, 0.5) is 17.5 Å². The Morgan fingerprint density at radius 2 is 2.10 bits per heavy atom. The summed E-state index contributed by atoms with van der Waals surface area (Å²) in [6.45, 7) is 3.61. The van der Waals surface area contributed by atoms with Gasteiger partial charge in [0.25, 0.3) is 0 Å². The third-order valence-corrected chi connectivity index (χ3v) is 2.55. The molecule has 1 aromatic heterocycles. The fourth-order valence-corrected chi connectivity index (χ4v) is 1.94. The molecule has 1 aromatic rings. The molecule has 4 N–H and O–H groups in total. The van der Waals surface area contributed by atoms with Crippen molar-refractivity contribution < 1.29 is 10.0 Å². The largest absolute Gasteiger partial charge is 0.387 e. The second-order valence-corrected chi connectivity index (χ2v) is 5.21. The van der Waals surface area contributed by atoms with Crippen LogP contribution in [0.1, 0.15) is 12.6 Å². The van der Waals surface area contributed by atoms with Gasteiger partial charge in [-0.15, -0.1) is 0 Å². The Kier molecular flexibility index (Phi) is 4.79. The normalized spacial score (nSPS) is 14.1. The van der Waals surface area contributed by atoms with Gasteiger partial charge in [-0.25, -0.2) is 4.98 Å². The van der Waals surface area contributed by atoms with Gasteiger partial charge in [-0.3, -0.25) is 10.1 Å². The monoisotopic (exact) mass is 284 g/mol. The van der Waals surface area contributed by atoms with Crippen molar-refractivity contribution in [3.63, 3.8) is 0 Å². The van der Waals surface area contributed by atoms with Crippen LogP contribution in [0.3, 0.4) is 0 Å². The molecule has 0 aromatic carbocycles. The highest BCUT2D eigenvalue weighted by molar-refractivity contribution is 5.60. The summed E-state index contributed by atoms with van der Waals surface area (Å²) >= 11 is 0. The summed E-state index contributed by atoms with van der Waals surface area (Å²) < 4.78 is 0. The minimum Gasteiger partial charge on any atom is -0.387 e. The molecule has 0 aliphatic heterocycles. The van der Waals surface area contributed by atoms with E-state index < -0.39 is 10.5 Å². The van der Waals surface area contributed by atoms with Crippen LogP contribution >= 0.6 is 0 Å². The number of nitrogens with one attached hydrogen (secondary N) is 1. The van der Waals surface area contributed by atoms with Crippen LogP contribution in [0.25, 0.3) is 0 Å². The van der Waals surface area contributed by atoms with Crippen molar-refractivity contribution in [2.45, 2.75) is 19.4 Å². The maximum atomic E-state index is 11.0. The zero-order valence-electron chi connectivity index (χ0n) is 12.0. The maximum Gasteiger partial charge on any atom is 0.332 e. The lowest BCUT2D eigenvalue weighted by Crippen LogP contribution is -2.43. The molecule has 0 spiro atoms. The van der Waals surface area contributed by atoms with Gasteiger partial charge >= 0.3 is 5.69 Å². The first-order valence-electron chi connectivity index (χ1n) is 6.02. The van der Waals surface area contributed by atoms with Gasteiger partial charge in [0.1, 0.15) is 5.69 Å². The van der Waals surface area contributed by atoms with E-state index in [4.69, 9.17) is 5.73 Å². The minimum absolute atomic E-state index is 0.0130. The van der Waals surface area contributed by atoms with E-state index >= 15 is 0 Å². The van der Waals surface area contributed by atoms with Crippen LogP contribution in [0.15, 0.2) is 0 Å². The number of aliphatic hydroxyl groups is 1. The Bertz CT molecular complexity index is 503. The molecule has 1 unspecified atom stereocenters. The van der Waals surface area contributed by atoms with Crippen molar-refractivity contribution in [2.75, 3.05) is 38.2 Å². The fraction of sp³-hybridized carbons (Fsp3) is 0.636. The predicted octanol–water partition coefficient (Wildman–Crippen LogP) is -0.0000800. The lowest BCUT2D eigenvalue weighted by Gasteiger charge is -2.27. The van der Waals surface area contributed by atoms with Gasteiger partial charge in [0.05, 0.1) is 10.5 Å². The molecule has 1 heterocycles. The number of nitrogens with zero attached hydrogens (tertiary/aromatic N) is 4. The van der Waals surface area contributed by atoms with E-state index in [9.17, 15) is 15.2 Å². The first-order chi connectivity index (χ1) is 9.12. The molecule has 0 saturated carbocycles. The minimum atomic E-state index is -1.06. The summed E-state index contributed by atoms with van der Waals surface area (Å²) in [5, 5.41) is 24.0. The van der Waals surface area contributed by atoms with Crippen molar-refractivity contribution in [1.29, 1.82) is 0 Å². The van der Waals surface area contributed by atoms with Crippen molar-refractivity contribution in [3.05, 3.63) is 15.8 Å². The SMILES string of the molecule is Cc1nc(N)nc(NCC(C)(O)CN(C)C)c1[N+](=O)[O-]. The number of hydrogen-bond acceptors (Lipinski definition) is 8. The molecule has 0 radical (unpaired) electrons. The number of nitrogens with two attached hydrogens (primary N) is 1. The summed E-state index contributed by atoms with van der Waals surface area (Å²) in [5.74, 6) is -0.0399. The highest BCUT2D eigenvalue weighted by Gasteiger charge is 2.26. The predicted molar refractivity (Wildman–Crippen MR) is 75.5 cm³/mol. The number of aryl methyl sites for hydroxylation is 1. The molecule has 112 valence electrons. The summed E-state index contributed by atoms with van der Waals surface area (Å²) in [6.07, 6.45) is 0. The molecule has 9 heteroatoms. The lowest BCUT2D eigenvalue weighted by molar-refractivity contribution is -0.385. The summed E-state index contributed by atoms with van der Waals surface area (Å²) in [6, 6.07) is 0. The molecular formula is C11H20N6O3. The average molecular weight is 284 g/mol. The molecule has 1 rings (SSSR count). The smallest absolute Gasteiger partial charge is 0.332 e. The Balaban J connectivity index is 2.95. The zero-order valence-corrected chi connectivity index (χ0v) is 12.0. The fourth-order valence-electron chi connectivity index (χ4n) is 1.94. The summed E-state index contributed by atoms with van der Waals surface area (Å²) in [5.41, 5.74) is 4.37. The van der Waals surface area contributed by atoms with Crippen LogP contribution < -0.4 is 11.1 Å². The van der Waals surface area contributed by atoms with Crippen LogP contribution in [-0.2, 0) is 0 Å². The van der Waals surface area contributed by atoms with Crippen LogP contribution in [0.5, 0.6) is 0 Å². The summed E-state index contributed by atoms with van der Waals surface area (Å²) in [4.78, 5) is 19.9. The second-order valence-electron chi connectivity index (χ2n) is 5.21. The zero-order chi connectivity index (χ0) is 15.5. The van der Waals surface area contributed by atoms with E-state index in [0.29, 0.717) is 6.54 Å². The molecule has 0 amide bonds. The van der Waals surface area contributed by atoms with Gasteiger partial charge in [-0.05, 0) is 27.9 Å². The van der Waals surface area contributed by atoms with Gasteiger partial charge in [0, 0.05) is 13.1 Å². The first-order valence-corrected chi connectivity index (χ1v) is 6.02. The molecule has 0 fully saturated rings. The standard InChI is InChI=1S/C11H20N6O3/c1-7-8(17(19)20)9(15-10(12)14-7)13-5-11(2,18)6-16(3)4/h18H,5-6H2,1-4H3,(H3,12,13,14,15). The van der Waals surface area contributed by atoms with Gasteiger partial charge in [0.15, 0.2) is 0 Å². The van der Waals surface area contributed by atoms with E-state index in [-0.39, 0.29) is 29.7 Å². The van der Waals surface area contributed by atoms with E-state index in [0.717, 1.165) is 0 Å². The Labute approximate surface area is 117 Å². The average Bonchev–Trinajstić information content (AvgIpc) is 2.22. The summed E-state index contributed by atoms with van der Waals surface area (Å²) in [7, 11) is 3.65. The molecule has 0 saturated heterocycles. The van der Waals surface area contributed by atoms with Crippen molar-refractivity contribution >= 4 is 17.5 Å². The highest BCUT2D eigenvalue weighted by Crippen LogP contribution is 2.26. The van der Waals surface area contributed by atoms with Crippen LogP contribution in [0.2, 0.25) is 0 Å². The van der Waals surface area contributed by atoms with Gasteiger partial charge < -0.3 is 21.1 Å². The Hall–Kier alpha value is -2.00. The van der Waals surface area contributed by atoms with Gasteiger partial charge in [0.2, 0.25) is 11.8 Å². The highest BCUT2D eigenvalue weighted by atomic mass is 16.6. The van der Waals surface area contributed by atoms with Crippen molar-refractivity contribution in [2.24, 2.45) is 0 Å².